The van der Waals surface area contributed by atoms with Gasteiger partial charge in [-0.3, -0.25) is 9.36 Å². The van der Waals surface area contributed by atoms with Crippen LogP contribution in [0.25, 0.3) is 11.4 Å². The lowest BCUT2D eigenvalue weighted by Gasteiger charge is -2.19. The van der Waals surface area contributed by atoms with Gasteiger partial charge in [0.25, 0.3) is 0 Å². The number of carbonyl (C=O) groups excluding carboxylic acids is 1. The predicted octanol–water partition coefficient (Wildman–Crippen LogP) is 5.16. The molecule has 0 fully saturated rings. The van der Waals surface area contributed by atoms with Gasteiger partial charge in [-0.2, -0.15) is 0 Å². The number of benzene rings is 2. The van der Waals surface area contributed by atoms with E-state index in [4.69, 9.17) is 0 Å². The molecular weight excluding hydrogens is 404 g/mol. The highest BCUT2D eigenvalue weighted by atomic mass is 32.2. The quantitative estimate of drug-likeness (QED) is 0.496. The van der Waals surface area contributed by atoms with Crippen LogP contribution in [0.3, 0.4) is 0 Å². The van der Waals surface area contributed by atoms with Crippen molar-refractivity contribution >= 4 is 17.7 Å². The van der Waals surface area contributed by atoms with E-state index < -0.39 is 0 Å². The Balaban J connectivity index is 1.86. The first kappa shape index (κ1) is 23.1. The number of carbonyl (C=O) groups is 1. The molecule has 0 saturated carbocycles. The molecule has 164 valence electrons. The van der Waals surface area contributed by atoms with Gasteiger partial charge in [-0.05, 0) is 22.5 Å². The zero-order chi connectivity index (χ0) is 22.4. The molecule has 2 aromatic carbocycles. The van der Waals surface area contributed by atoms with Crippen LogP contribution >= 0.6 is 11.8 Å². The fourth-order valence-electron chi connectivity index (χ4n) is 3.14. The molecule has 3 rings (SSSR count). The molecule has 0 aliphatic rings. The van der Waals surface area contributed by atoms with Crippen molar-refractivity contribution in [1.82, 2.24) is 20.1 Å². The van der Waals surface area contributed by atoms with Gasteiger partial charge in [0, 0.05) is 12.1 Å². The first-order valence-corrected chi connectivity index (χ1v) is 11.7. The second-order valence-corrected chi connectivity index (χ2v) is 10.1. The molecule has 0 spiro atoms. The first-order valence-electron chi connectivity index (χ1n) is 10.7. The maximum absolute atomic E-state index is 12.2. The van der Waals surface area contributed by atoms with E-state index in [1.54, 1.807) is 0 Å². The number of rotatable bonds is 8. The molecule has 0 saturated heterocycles. The normalized spacial score (nSPS) is 11.7. The van der Waals surface area contributed by atoms with Gasteiger partial charge in [0.05, 0.1) is 12.3 Å². The van der Waals surface area contributed by atoms with E-state index in [-0.39, 0.29) is 11.3 Å². The van der Waals surface area contributed by atoms with Crippen LogP contribution in [-0.2, 0) is 16.8 Å². The van der Waals surface area contributed by atoms with Crippen molar-refractivity contribution in [3.05, 3.63) is 65.7 Å². The Morgan fingerprint density at radius 2 is 1.71 bits per heavy atom. The summed E-state index contributed by atoms with van der Waals surface area (Å²) in [5.41, 5.74) is 3.57. The average molecular weight is 437 g/mol. The van der Waals surface area contributed by atoms with Gasteiger partial charge in [0.1, 0.15) is 0 Å². The van der Waals surface area contributed by atoms with Gasteiger partial charge < -0.3 is 5.32 Å². The number of nitrogens with one attached hydrogen (secondary N) is 1. The topological polar surface area (TPSA) is 59.8 Å². The molecule has 0 aliphatic carbocycles. The average Bonchev–Trinajstić information content (AvgIpc) is 3.13. The van der Waals surface area contributed by atoms with Crippen molar-refractivity contribution in [2.24, 2.45) is 5.92 Å². The van der Waals surface area contributed by atoms with Crippen molar-refractivity contribution in [3.63, 3.8) is 0 Å². The van der Waals surface area contributed by atoms with Crippen molar-refractivity contribution < 1.29 is 4.79 Å². The predicted molar refractivity (Wildman–Crippen MR) is 128 cm³/mol. The van der Waals surface area contributed by atoms with Crippen LogP contribution < -0.4 is 5.32 Å². The summed E-state index contributed by atoms with van der Waals surface area (Å²) in [6.45, 7) is 12.1. The SMILES string of the molecule is CC(C)CNC(=O)CSc1nnc(-c2ccc(C(C)(C)C)cc2)n1Cc1ccccc1. The Morgan fingerprint density at radius 3 is 2.32 bits per heavy atom. The van der Waals surface area contributed by atoms with E-state index in [0.29, 0.717) is 24.8 Å². The summed E-state index contributed by atoms with van der Waals surface area (Å²) in [7, 11) is 0. The van der Waals surface area contributed by atoms with Crippen LogP contribution in [0.4, 0.5) is 0 Å². The molecule has 0 atom stereocenters. The van der Waals surface area contributed by atoms with E-state index in [1.165, 1.54) is 22.9 Å². The molecule has 6 heteroatoms. The van der Waals surface area contributed by atoms with Gasteiger partial charge in [0.2, 0.25) is 5.91 Å². The van der Waals surface area contributed by atoms with Crippen molar-refractivity contribution in [3.8, 4) is 11.4 Å². The van der Waals surface area contributed by atoms with Crippen LogP contribution in [0.1, 0.15) is 45.7 Å². The standard InChI is InChI=1S/C25H32N4OS/c1-18(2)15-26-22(30)17-31-24-28-27-23(29(24)16-19-9-7-6-8-10-19)20-11-13-21(14-12-20)25(3,4)5/h6-14,18H,15-17H2,1-5H3,(H,26,30). The summed E-state index contributed by atoms with van der Waals surface area (Å²) in [6.07, 6.45) is 0. The highest BCUT2D eigenvalue weighted by molar-refractivity contribution is 7.99. The summed E-state index contributed by atoms with van der Waals surface area (Å²) in [5, 5.41) is 12.6. The van der Waals surface area contributed by atoms with Gasteiger partial charge in [0.15, 0.2) is 11.0 Å². The van der Waals surface area contributed by atoms with E-state index in [1.807, 2.05) is 18.2 Å². The first-order chi connectivity index (χ1) is 14.7. The number of amides is 1. The van der Waals surface area contributed by atoms with Gasteiger partial charge in [-0.15, -0.1) is 10.2 Å². The molecule has 0 unspecified atom stereocenters. The molecule has 0 aliphatic heterocycles. The summed E-state index contributed by atoms with van der Waals surface area (Å²) < 4.78 is 2.10. The fraction of sp³-hybridized carbons (Fsp3) is 0.400. The Bertz CT molecular complexity index is 989. The summed E-state index contributed by atoms with van der Waals surface area (Å²) in [4.78, 5) is 12.2. The lowest BCUT2D eigenvalue weighted by molar-refractivity contribution is -0.118. The van der Waals surface area contributed by atoms with Crippen LogP contribution in [-0.4, -0.2) is 33.0 Å². The molecular formula is C25H32N4OS. The van der Waals surface area contributed by atoms with Gasteiger partial charge in [-0.25, -0.2) is 0 Å². The summed E-state index contributed by atoms with van der Waals surface area (Å²) >= 11 is 1.43. The maximum atomic E-state index is 12.2. The largest absolute Gasteiger partial charge is 0.355 e. The Morgan fingerprint density at radius 1 is 1.03 bits per heavy atom. The number of thioether (sulfide) groups is 1. The molecule has 3 aromatic rings. The number of hydrogen-bond acceptors (Lipinski definition) is 4. The van der Waals surface area contributed by atoms with E-state index in [0.717, 1.165) is 16.5 Å². The van der Waals surface area contributed by atoms with Crippen molar-refractivity contribution in [2.75, 3.05) is 12.3 Å². The fourth-order valence-corrected chi connectivity index (χ4v) is 3.90. The molecule has 1 heterocycles. The third kappa shape index (κ3) is 6.44. The molecule has 1 amide bonds. The van der Waals surface area contributed by atoms with E-state index in [9.17, 15) is 4.79 Å². The molecule has 1 N–H and O–H groups in total. The van der Waals surface area contributed by atoms with E-state index in [2.05, 4.69) is 91.1 Å². The monoisotopic (exact) mass is 436 g/mol. The van der Waals surface area contributed by atoms with Crippen LogP contribution in [0.15, 0.2) is 59.8 Å². The minimum atomic E-state index is 0.0176. The number of nitrogens with zero attached hydrogens (tertiary/aromatic N) is 3. The Kier molecular flexibility index (Phi) is 7.55. The van der Waals surface area contributed by atoms with Gasteiger partial charge >= 0.3 is 0 Å². The minimum absolute atomic E-state index is 0.0176. The van der Waals surface area contributed by atoms with Crippen LogP contribution in [0.2, 0.25) is 0 Å². The maximum Gasteiger partial charge on any atom is 0.230 e. The Hall–Kier alpha value is -2.60. The van der Waals surface area contributed by atoms with E-state index >= 15 is 0 Å². The highest BCUT2D eigenvalue weighted by Crippen LogP contribution is 2.28. The highest BCUT2D eigenvalue weighted by Gasteiger charge is 2.18. The Labute approximate surface area is 189 Å². The van der Waals surface area contributed by atoms with Gasteiger partial charge in [-0.1, -0.05) is 101 Å². The second kappa shape index (κ2) is 10.1. The zero-order valence-corrected chi connectivity index (χ0v) is 19.9. The van der Waals surface area contributed by atoms with Crippen LogP contribution in [0, 0.1) is 5.92 Å². The number of aromatic nitrogens is 3. The molecule has 0 radical (unpaired) electrons. The van der Waals surface area contributed by atoms with Crippen molar-refractivity contribution in [2.45, 2.75) is 51.7 Å². The molecule has 5 nitrogen and oxygen atoms in total. The number of hydrogen-bond donors (Lipinski definition) is 1. The lowest BCUT2D eigenvalue weighted by Crippen LogP contribution is -2.28. The lowest BCUT2D eigenvalue weighted by atomic mass is 9.87. The summed E-state index contributed by atoms with van der Waals surface area (Å²) in [6, 6.07) is 18.8. The minimum Gasteiger partial charge on any atom is -0.355 e. The smallest absolute Gasteiger partial charge is 0.230 e. The third-order valence-corrected chi connectivity index (χ3v) is 5.92. The molecule has 0 bridgehead atoms. The zero-order valence-electron chi connectivity index (χ0n) is 19.1. The second-order valence-electron chi connectivity index (χ2n) is 9.19. The van der Waals surface area contributed by atoms with Crippen LogP contribution in [0.5, 0.6) is 0 Å². The molecule has 1 aromatic heterocycles. The molecule has 31 heavy (non-hydrogen) atoms. The van der Waals surface area contributed by atoms with Crippen molar-refractivity contribution in [1.29, 1.82) is 0 Å². The third-order valence-electron chi connectivity index (χ3n) is 4.95. The summed E-state index contributed by atoms with van der Waals surface area (Å²) in [5.74, 6) is 1.58.